The second-order valence-electron chi connectivity index (χ2n) is 4.84. The zero-order valence-corrected chi connectivity index (χ0v) is 11.1. The highest BCUT2D eigenvalue weighted by Crippen LogP contribution is 2.39. The molecule has 2 aromatic rings. The maximum atomic E-state index is 6.11. The van der Waals surface area contributed by atoms with Crippen LogP contribution < -0.4 is 5.73 Å². The Hall–Kier alpha value is -1.42. The number of pyridine rings is 1. The van der Waals surface area contributed by atoms with Crippen molar-refractivity contribution in [3.05, 3.63) is 29.5 Å². The fourth-order valence-electron chi connectivity index (χ4n) is 2.58. The van der Waals surface area contributed by atoms with E-state index >= 15 is 0 Å². The maximum absolute atomic E-state index is 6.11. The highest BCUT2D eigenvalue weighted by molar-refractivity contribution is 7.16. The molecule has 0 saturated heterocycles. The van der Waals surface area contributed by atoms with E-state index in [1.165, 1.54) is 37.1 Å². The van der Waals surface area contributed by atoms with Crippen molar-refractivity contribution < 1.29 is 0 Å². The summed E-state index contributed by atoms with van der Waals surface area (Å²) in [6, 6.07) is 3.94. The van der Waals surface area contributed by atoms with Crippen LogP contribution in [0.5, 0.6) is 0 Å². The summed E-state index contributed by atoms with van der Waals surface area (Å²) in [7, 11) is 0. The summed E-state index contributed by atoms with van der Waals surface area (Å²) >= 11 is 1.65. The molecule has 0 bridgehead atoms. The predicted molar refractivity (Wildman–Crippen MR) is 75.6 cm³/mol. The largest absolute Gasteiger partial charge is 0.389 e. The van der Waals surface area contributed by atoms with Gasteiger partial charge >= 0.3 is 0 Å². The van der Waals surface area contributed by atoms with E-state index in [4.69, 9.17) is 10.7 Å². The highest BCUT2D eigenvalue weighted by atomic mass is 32.1. The van der Waals surface area contributed by atoms with Crippen LogP contribution in [-0.2, 0) is 0 Å². The van der Waals surface area contributed by atoms with E-state index in [2.05, 4.69) is 4.98 Å². The summed E-state index contributed by atoms with van der Waals surface area (Å²) in [5.41, 5.74) is 8.04. The van der Waals surface area contributed by atoms with Gasteiger partial charge in [0.15, 0.2) is 0 Å². The van der Waals surface area contributed by atoms with Gasteiger partial charge in [-0.3, -0.25) is 4.98 Å². The molecule has 3 rings (SSSR count). The van der Waals surface area contributed by atoms with Crippen LogP contribution in [0.2, 0.25) is 0 Å². The van der Waals surface area contributed by atoms with Gasteiger partial charge in [0.2, 0.25) is 0 Å². The Morgan fingerprint density at radius 2 is 2.06 bits per heavy atom. The first-order valence-corrected chi connectivity index (χ1v) is 7.33. The van der Waals surface area contributed by atoms with Crippen LogP contribution >= 0.6 is 11.3 Å². The zero-order valence-electron chi connectivity index (χ0n) is 10.3. The molecule has 0 atom stereocenters. The minimum atomic E-state index is 0.622. The quantitative estimate of drug-likeness (QED) is 0.891. The van der Waals surface area contributed by atoms with Crippen molar-refractivity contribution in [3.63, 3.8) is 0 Å². The second kappa shape index (κ2) is 5.06. The SMILES string of the molecule is Nc1sc(C2CCCCC2)nc1-c1cccnc1. The van der Waals surface area contributed by atoms with Crippen molar-refractivity contribution in [1.82, 2.24) is 9.97 Å². The van der Waals surface area contributed by atoms with Crippen LogP contribution in [0.3, 0.4) is 0 Å². The summed E-state index contributed by atoms with van der Waals surface area (Å²) in [6.07, 6.45) is 10.1. The average molecular weight is 259 g/mol. The molecule has 2 aromatic heterocycles. The van der Waals surface area contributed by atoms with E-state index in [0.717, 1.165) is 16.3 Å². The molecule has 0 radical (unpaired) electrons. The number of nitrogens with zero attached hydrogens (tertiary/aromatic N) is 2. The van der Waals surface area contributed by atoms with Crippen molar-refractivity contribution in [2.24, 2.45) is 0 Å². The van der Waals surface area contributed by atoms with Crippen LogP contribution in [0.15, 0.2) is 24.5 Å². The molecular formula is C14H17N3S. The minimum Gasteiger partial charge on any atom is -0.389 e. The average Bonchev–Trinajstić information content (AvgIpc) is 2.83. The Kier molecular flexibility index (Phi) is 3.28. The highest BCUT2D eigenvalue weighted by Gasteiger charge is 2.21. The maximum Gasteiger partial charge on any atom is 0.114 e. The number of anilines is 1. The Morgan fingerprint density at radius 1 is 1.22 bits per heavy atom. The van der Waals surface area contributed by atoms with Gasteiger partial charge in [0.1, 0.15) is 10.7 Å². The first-order valence-electron chi connectivity index (χ1n) is 6.51. The monoisotopic (exact) mass is 259 g/mol. The van der Waals surface area contributed by atoms with Gasteiger partial charge < -0.3 is 5.73 Å². The van der Waals surface area contributed by atoms with Gasteiger partial charge in [0, 0.05) is 23.9 Å². The van der Waals surface area contributed by atoms with E-state index in [0.29, 0.717) is 5.92 Å². The van der Waals surface area contributed by atoms with Crippen molar-refractivity contribution in [3.8, 4) is 11.3 Å². The summed E-state index contributed by atoms with van der Waals surface area (Å²) in [4.78, 5) is 8.89. The third kappa shape index (κ3) is 2.25. The number of thiazole rings is 1. The van der Waals surface area contributed by atoms with Gasteiger partial charge in [0.25, 0.3) is 0 Å². The molecule has 1 aliphatic carbocycles. The van der Waals surface area contributed by atoms with Crippen LogP contribution in [0, 0.1) is 0 Å². The van der Waals surface area contributed by atoms with Crippen LogP contribution in [0.4, 0.5) is 5.00 Å². The van der Waals surface area contributed by atoms with Gasteiger partial charge in [-0.2, -0.15) is 0 Å². The van der Waals surface area contributed by atoms with Gasteiger partial charge in [0.05, 0.1) is 5.01 Å². The third-order valence-corrected chi connectivity index (χ3v) is 4.61. The molecule has 94 valence electrons. The van der Waals surface area contributed by atoms with Crippen LogP contribution in [0.25, 0.3) is 11.3 Å². The number of nitrogens with two attached hydrogens (primary N) is 1. The molecule has 2 heterocycles. The Bertz CT molecular complexity index is 515. The lowest BCUT2D eigenvalue weighted by Crippen LogP contribution is -2.03. The molecule has 0 spiro atoms. The number of aromatic nitrogens is 2. The lowest BCUT2D eigenvalue weighted by atomic mass is 9.90. The predicted octanol–water partition coefficient (Wildman–Crippen LogP) is 3.84. The van der Waals surface area contributed by atoms with E-state index in [-0.39, 0.29) is 0 Å². The molecule has 0 aromatic carbocycles. The molecule has 3 nitrogen and oxygen atoms in total. The van der Waals surface area contributed by atoms with Crippen LogP contribution in [-0.4, -0.2) is 9.97 Å². The van der Waals surface area contributed by atoms with E-state index in [9.17, 15) is 0 Å². The standard InChI is InChI=1S/C14H17N3S/c15-13-12(11-7-4-8-16-9-11)17-14(18-13)10-5-2-1-3-6-10/h4,7-10H,1-3,5-6,15H2. The smallest absolute Gasteiger partial charge is 0.114 e. The van der Waals surface area contributed by atoms with Gasteiger partial charge in [-0.1, -0.05) is 19.3 Å². The Balaban J connectivity index is 1.91. The summed E-state index contributed by atoms with van der Waals surface area (Å²) in [5, 5.41) is 2.04. The van der Waals surface area contributed by atoms with Crippen molar-refractivity contribution in [2.45, 2.75) is 38.0 Å². The number of nitrogen functional groups attached to an aromatic ring is 1. The third-order valence-electron chi connectivity index (χ3n) is 3.56. The fraction of sp³-hybridized carbons (Fsp3) is 0.429. The number of rotatable bonds is 2. The molecule has 0 aliphatic heterocycles. The fourth-order valence-corrected chi connectivity index (χ4v) is 3.61. The summed E-state index contributed by atoms with van der Waals surface area (Å²) < 4.78 is 0. The molecule has 4 heteroatoms. The van der Waals surface area contributed by atoms with Gasteiger partial charge in [-0.15, -0.1) is 11.3 Å². The van der Waals surface area contributed by atoms with Crippen molar-refractivity contribution >= 4 is 16.3 Å². The molecule has 0 amide bonds. The second-order valence-corrected chi connectivity index (χ2v) is 5.90. The summed E-state index contributed by atoms with van der Waals surface area (Å²) in [5.74, 6) is 0.622. The normalized spacial score (nSPS) is 16.9. The van der Waals surface area contributed by atoms with E-state index < -0.39 is 0 Å². The molecule has 1 aliphatic rings. The number of hydrogen-bond donors (Lipinski definition) is 1. The molecule has 2 N–H and O–H groups in total. The number of hydrogen-bond acceptors (Lipinski definition) is 4. The first-order chi connectivity index (χ1) is 8.84. The lowest BCUT2D eigenvalue weighted by molar-refractivity contribution is 0.442. The van der Waals surface area contributed by atoms with Crippen molar-refractivity contribution in [1.29, 1.82) is 0 Å². The minimum absolute atomic E-state index is 0.622. The van der Waals surface area contributed by atoms with E-state index in [1.807, 2.05) is 18.3 Å². The van der Waals surface area contributed by atoms with E-state index in [1.54, 1.807) is 17.5 Å². The molecule has 1 saturated carbocycles. The van der Waals surface area contributed by atoms with Gasteiger partial charge in [-0.25, -0.2) is 4.98 Å². The van der Waals surface area contributed by atoms with Crippen LogP contribution in [0.1, 0.15) is 43.0 Å². The Morgan fingerprint density at radius 3 is 2.78 bits per heavy atom. The zero-order chi connectivity index (χ0) is 12.4. The first kappa shape index (κ1) is 11.7. The molecular weight excluding hydrogens is 242 g/mol. The topological polar surface area (TPSA) is 51.8 Å². The molecule has 1 fully saturated rings. The van der Waals surface area contributed by atoms with Gasteiger partial charge in [-0.05, 0) is 25.0 Å². The summed E-state index contributed by atoms with van der Waals surface area (Å²) in [6.45, 7) is 0. The molecule has 0 unspecified atom stereocenters. The van der Waals surface area contributed by atoms with Crippen molar-refractivity contribution in [2.75, 3.05) is 5.73 Å². The Labute approximate surface area is 111 Å². The lowest BCUT2D eigenvalue weighted by Gasteiger charge is -2.18. The molecule has 18 heavy (non-hydrogen) atoms.